The summed E-state index contributed by atoms with van der Waals surface area (Å²) in [4.78, 5) is 14.3. The molecule has 3 rings (SSSR count). The van der Waals surface area contributed by atoms with Crippen LogP contribution in [0.3, 0.4) is 0 Å². The minimum absolute atomic E-state index is 0.00750. The molecule has 3 heterocycles. The zero-order valence-corrected chi connectivity index (χ0v) is 9.93. The maximum atomic E-state index is 12.4. The Bertz CT molecular complexity index is 426. The van der Waals surface area contributed by atoms with Crippen LogP contribution in [0.2, 0.25) is 0 Å². The first-order valence-corrected chi connectivity index (χ1v) is 6.21. The summed E-state index contributed by atoms with van der Waals surface area (Å²) in [7, 11) is 0. The number of furan rings is 1. The van der Waals surface area contributed by atoms with E-state index in [1.165, 1.54) is 0 Å². The minimum atomic E-state index is -0.241. The van der Waals surface area contributed by atoms with Gasteiger partial charge < -0.3 is 14.4 Å². The lowest BCUT2D eigenvalue weighted by atomic mass is 9.99. The first-order valence-electron chi connectivity index (χ1n) is 6.21. The van der Waals surface area contributed by atoms with E-state index >= 15 is 0 Å². The molecule has 92 valence electrons. The Labute approximate surface area is 100 Å². The van der Waals surface area contributed by atoms with E-state index in [2.05, 4.69) is 0 Å². The van der Waals surface area contributed by atoms with Crippen LogP contribution in [0.1, 0.15) is 41.8 Å². The summed E-state index contributed by atoms with van der Waals surface area (Å²) in [6.07, 6.45) is 4.75. The number of carbonyl (C=O) groups excluding carboxylic acids is 1. The Morgan fingerprint density at radius 2 is 2.06 bits per heavy atom. The summed E-state index contributed by atoms with van der Waals surface area (Å²) >= 11 is 0. The first-order chi connectivity index (χ1) is 8.16. The van der Waals surface area contributed by atoms with Crippen molar-refractivity contribution in [3.8, 4) is 0 Å². The molecule has 0 aliphatic carbocycles. The molecule has 1 aromatic rings. The SMILES string of the molecule is Cc1ccoc1C(=O)N1C2CCC1CC(O)C2. The molecule has 2 fully saturated rings. The van der Waals surface area contributed by atoms with E-state index in [1.807, 2.05) is 17.9 Å². The predicted molar refractivity (Wildman–Crippen MR) is 61.7 cm³/mol. The molecule has 0 radical (unpaired) electrons. The maximum absolute atomic E-state index is 12.4. The van der Waals surface area contributed by atoms with Crippen molar-refractivity contribution < 1.29 is 14.3 Å². The third-order valence-corrected chi connectivity index (χ3v) is 4.00. The fourth-order valence-electron chi connectivity index (χ4n) is 3.19. The molecule has 1 N–H and O–H groups in total. The molecule has 4 heteroatoms. The topological polar surface area (TPSA) is 53.7 Å². The molecule has 2 aliphatic heterocycles. The number of fused-ring (bicyclic) bond motifs is 2. The molecule has 1 aromatic heterocycles. The van der Waals surface area contributed by atoms with Crippen molar-refractivity contribution in [1.82, 2.24) is 4.90 Å². The molecule has 0 aromatic carbocycles. The third-order valence-electron chi connectivity index (χ3n) is 4.00. The Hall–Kier alpha value is -1.29. The standard InChI is InChI=1S/C13H17NO3/c1-8-4-5-17-12(8)13(16)14-9-2-3-10(14)7-11(15)6-9/h4-5,9-11,15H,2-3,6-7H2,1H3. The van der Waals surface area contributed by atoms with E-state index in [0.717, 1.165) is 18.4 Å². The van der Waals surface area contributed by atoms with Gasteiger partial charge in [-0.05, 0) is 38.7 Å². The fraction of sp³-hybridized carbons (Fsp3) is 0.615. The monoisotopic (exact) mass is 235 g/mol. The molecular weight excluding hydrogens is 218 g/mol. The van der Waals surface area contributed by atoms with Gasteiger partial charge in [0.25, 0.3) is 5.91 Å². The number of hydrogen-bond donors (Lipinski definition) is 1. The van der Waals surface area contributed by atoms with Crippen molar-refractivity contribution in [3.63, 3.8) is 0 Å². The van der Waals surface area contributed by atoms with Crippen molar-refractivity contribution in [3.05, 3.63) is 23.7 Å². The van der Waals surface area contributed by atoms with Crippen LogP contribution in [-0.4, -0.2) is 34.1 Å². The van der Waals surface area contributed by atoms with E-state index in [0.29, 0.717) is 18.6 Å². The minimum Gasteiger partial charge on any atom is -0.459 e. The largest absolute Gasteiger partial charge is 0.459 e. The molecule has 2 saturated heterocycles. The third kappa shape index (κ3) is 1.67. The molecule has 2 atom stereocenters. The number of carbonyl (C=O) groups is 1. The fourth-order valence-corrected chi connectivity index (χ4v) is 3.19. The van der Waals surface area contributed by atoms with Gasteiger partial charge in [0.05, 0.1) is 12.4 Å². The maximum Gasteiger partial charge on any atom is 0.290 e. The quantitative estimate of drug-likeness (QED) is 0.806. The van der Waals surface area contributed by atoms with Crippen LogP contribution in [-0.2, 0) is 0 Å². The van der Waals surface area contributed by atoms with Gasteiger partial charge in [0.2, 0.25) is 0 Å². The van der Waals surface area contributed by atoms with Crippen molar-refractivity contribution in [2.24, 2.45) is 0 Å². The smallest absolute Gasteiger partial charge is 0.290 e. The molecule has 2 aliphatic rings. The molecule has 17 heavy (non-hydrogen) atoms. The second-order valence-corrected chi connectivity index (χ2v) is 5.16. The number of amides is 1. The number of aryl methyl sites for hydroxylation is 1. The highest BCUT2D eigenvalue weighted by Crippen LogP contribution is 2.37. The van der Waals surface area contributed by atoms with Gasteiger partial charge in [-0.25, -0.2) is 0 Å². The highest BCUT2D eigenvalue weighted by Gasteiger charge is 2.43. The lowest BCUT2D eigenvalue weighted by Gasteiger charge is -2.36. The van der Waals surface area contributed by atoms with Crippen LogP contribution in [0.25, 0.3) is 0 Å². The van der Waals surface area contributed by atoms with Gasteiger partial charge >= 0.3 is 0 Å². The van der Waals surface area contributed by atoms with Crippen LogP contribution in [0.5, 0.6) is 0 Å². The van der Waals surface area contributed by atoms with Crippen LogP contribution >= 0.6 is 0 Å². The van der Waals surface area contributed by atoms with Gasteiger partial charge in [0.1, 0.15) is 0 Å². The van der Waals surface area contributed by atoms with Crippen molar-refractivity contribution >= 4 is 5.91 Å². The number of hydrogen-bond acceptors (Lipinski definition) is 3. The predicted octanol–water partition coefficient (Wildman–Crippen LogP) is 1.72. The number of aliphatic hydroxyl groups is 1. The van der Waals surface area contributed by atoms with Crippen molar-refractivity contribution in [2.45, 2.75) is 50.8 Å². The Morgan fingerprint density at radius 1 is 1.41 bits per heavy atom. The highest BCUT2D eigenvalue weighted by molar-refractivity contribution is 5.93. The second-order valence-electron chi connectivity index (χ2n) is 5.16. The normalized spacial score (nSPS) is 31.9. The van der Waals surface area contributed by atoms with Crippen LogP contribution in [0.4, 0.5) is 0 Å². The molecule has 2 unspecified atom stereocenters. The van der Waals surface area contributed by atoms with Gasteiger partial charge in [-0.2, -0.15) is 0 Å². The number of piperidine rings is 1. The second kappa shape index (κ2) is 3.88. The Balaban J connectivity index is 1.86. The van der Waals surface area contributed by atoms with E-state index in [1.54, 1.807) is 6.26 Å². The summed E-state index contributed by atoms with van der Waals surface area (Å²) in [5, 5.41) is 9.71. The van der Waals surface area contributed by atoms with E-state index in [9.17, 15) is 9.90 Å². The summed E-state index contributed by atoms with van der Waals surface area (Å²) in [5.41, 5.74) is 0.889. The molecule has 0 spiro atoms. The lowest BCUT2D eigenvalue weighted by Crippen LogP contribution is -2.48. The van der Waals surface area contributed by atoms with Gasteiger partial charge in [-0.15, -0.1) is 0 Å². The van der Waals surface area contributed by atoms with Gasteiger partial charge in [-0.1, -0.05) is 0 Å². The van der Waals surface area contributed by atoms with Crippen LogP contribution in [0, 0.1) is 6.92 Å². The van der Waals surface area contributed by atoms with Crippen LogP contribution in [0.15, 0.2) is 16.7 Å². The van der Waals surface area contributed by atoms with E-state index < -0.39 is 0 Å². The number of nitrogens with zero attached hydrogens (tertiary/aromatic N) is 1. The number of aliphatic hydroxyl groups excluding tert-OH is 1. The van der Waals surface area contributed by atoms with Gasteiger partial charge in [0.15, 0.2) is 5.76 Å². The van der Waals surface area contributed by atoms with Crippen molar-refractivity contribution in [2.75, 3.05) is 0 Å². The van der Waals surface area contributed by atoms with Crippen LogP contribution < -0.4 is 0 Å². The molecule has 0 saturated carbocycles. The zero-order valence-electron chi connectivity index (χ0n) is 9.93. The van der Waals surface area contributed by atoms with Crippen molar-refractivity contribution in [1.29, 1.82) is 0 Å². The lowest BCUT2D eigenvalue weighted by molar-refractivity contribution is 0.0264. The molecule has 4 nitrogen and oxygen atoms in total. The highest BCUT2D eigenvalue weighted by atomic mass is 16.3. The molecule has 2 bridgehead atoms. The molecular formula is C13H17NO3. The van der Waals surface area contributed by atoms with Gasteiger partial charge in [-0.3, -0.25) is 4.79 Å². The van der Waals surface area contributed by atoms with Gasteiger partial charge in [0, 0.05) is 17.6 Å². The average molecular weight is 235 g/mol. The van der Waals surface area contributed by atoms with E-state index in [-0.39, 0.29) is 24.1 Å². The molecule has 1 amide bonds. The number of rotatable bonds is 1. The Morgan fingerprint density at radius 3 is 2.59 bits per heavy atom. The average Bonchev–Trinajstić information content (AvgIpc) is 2.81. The summed E-state index contributed by atoms with van der Waals surface area (Å²) in [5.74, 6) is 0.449. The summed E-state index contributed by atoms with van der Waals surface area (Å²) < 4.78 is 5.28. The zero-order chi connectivity index (χ0) is 12.0. The van der Waals surface area contributed by atoms with E-state index in [4.69, 9.17) is 4.42 Å². The Kier molecular flexibility index (Phi) is 2.47. The first kappa shape index (κ1) is 10.8. The summed E-state index contributed by atoms with van der Waals surface area (Å²) in [6.45, 7) is 1.89. The summed E-state index contributed by atoms with van der Waals surface area (Å²) in [6, 6.07) is 2.20.